The van der Waals surface area contributed by atoms with Crippen LogP contribution in [0.15, 0.2) is 36.7 Å². The normalized spacial score (nSPS) is 20.5. The molecule has 1 aliphatic heterocycles. The molecule has 5 nitrogen and oxygen atoms in total. The molecular formula is C22H30FN3O2. The fraction of sp³-hybridized carbons (Fsp3) is 0.545. The largest absolute Gasteiger partial charge is 0.466 e. The highest BCUT2D eigenvalue weighted by Gasteiger charge is 2.44. The smallest absolute Gasteiger partial charge is 0.313 e. The first kappa shape index (κ1) is 20.5. The van der Waals surface area contributed by atoms with Crippen molar-refractivity contribution >= 4 is 5.97 Å². The van der Waals surface area contributed by atoms with Crippen LogP contribution in [0.5, 0.6) is 0 Å². The molecule has 1 unspecified atom stereocenters. The molecule has 2 aromatic rings. The minimum absolute atomic E-state index is 0.221. The van der Waals surface area contributed by atoms with E-state index >= 15 is 0 Å². The molecule has 28 heavy (non-hydrogen) atoms. The van der Waals surface area contributed by atoms with Crippen LogP contribution < -0.4 is 0 Å². The zero-order valence-electron chi connectivity index (χ0n) is 17.0. The van der Waals surface area contributed by atoms with E-state index in [1.807, 2.05) is 23.9 Å². The number of carbonyl (C=O) groups excluding carboxylic acids is 1. The van der Waals surface area contributed by atoms with Crippen molar-refractivity contribution in [3.63, 3.8) is 0 Å². The molecule has 0 bridgehead atoms. The van der Waals surface area contributed by atoms with Crippen LogP contribution in [0, 0.1) is 11.2 Å². The Hall–Kier alpha value is -2.21. The molecule has 1 aliphatic rings. The summed E-state index contributed by atoms with van der Waals surface area (Å²) >= 11 is 0. The maximum absolute atomic E-state index is 14.3. The van der Waals surface area contributed by atoms with Gasteiger partial charge in [-0.15, -0.1) is 0 Å². The summed E-state index contributed by atoms with van der Waals surface area (Å²) < 4.78 is 21.7. The maximum atomic E-state index is 14.3. The first-order valence-corrected chi connectivity index (χ1v) is 10.1. The molecule has 2 heterocycles. The molecule has 1 aromatic heterocycles. The molecule has 0 amide bonds. The third-order valence-electron chi connectivity index (χ3n) is 5.44. The second-order valence-electron chi connectivity index (χ2n) is 8.01. The molecule has 1 atom stereocenters. The Morgan fingerprint density at radius 2 is 2.14 bits per heavy atom. The number of nitrogens with zero attached hydrogens (tertiary/aromatic N) is 3. The molecule has 3 rings (SSSR count). The number of hydrogen-bond donors (Lipinski definition) is 0. The average Bonchev–Trinajstić information content (AvgIpc) is 3.13. The van der Waals surface area contributed by atoms with Gasteiger partial charge in [0.1, 0.15) is 5.82 Å². The summed E-state index contributed by atoms with van der Waals surface area (Å²) in [6.07, 6.45) is 5.90. The summed E-state index contributed by atoms with van der Waals surface area (Å²) in [7, 11) is 0. The molecule has 152 valence electrons. The van der Waals surface area contributed by atoms with Gasteiger partial charge in [-0.05, 0) is 58.2 Å². The molecule has 0 N–H and O–H groups in total. The Bertz CT molecular complexity index is 805. The highest BCUT2D eigenvalue weighted by molar-refractivity contribution is 5.77. The van der Waals surface area contributed by atoms with Gasteiger partial charge in [0.15, 0.2) is 0 Å². The standard InChI is InChI=1S/C22H30FN3O2/c1-4-28-21(27)22(12-19-8-5-6-9-20(19)23)10-7-11-25(16-22)14-18-13-24-26(15-18)17(2)3/h5-6,8-9,13,15,17H,4,7,10-12,14,16H2,1-3H3. The Morgan fingerprint density at radius 1 is 1.36 bits per heavy atom. The van der Waals surface area contributed by atoms with Gasteiger partial charge in [-0.2, -0.15) is 5.10 Å². The molecular weight excluding hydrogens is 357 g/mol. The van der Waals surface area contributed by atoms with Crippen molar-refractivity contribution in [3.8, 4) is 0 Å². The Balaban J connectivity index is 1.80. The highest BCUT2D eigenvalue weighted by Crippen LogP contribution is 2.36. The van der Waals surface area contributed by atoms with E-state index in [1.54, 1.807) is 12.1 Å². The van der Waals surface area contributed by atoms with E-state index in [1.165, 1.54) is 6.07 Å². The highest BCUT2D eigenvalue weighted by atomic mass is 19.1. The van der Waals surface area contributed by atoms with Gasteiger partial charge in [-0.1, -0.05) is 18.2 Å². The van der Waals surface area contributed by atoms with E-state index in [0.29, 0.717) is 37.6 Å². The van der Waals surface area contributed by atoms with Gasteiger partial charge in [0.2, 0.25) is 0 Å². The minimum Gasteiger partial charge on any atom is -0.466 e. The Kier molecular flexibility index (Phi) is 6.50. The first-order valence-electron chi connectivity index (χ1n) is 10.1. The third kappa shape index (κ3) is 4.61. The molecule has 0 aliphatic carbocycles. The van der Waals surface area contributed by atoms with Crippen LogP contribution in [0.25, 0.3) is 0 Å². The lowest BCUT2D eigenvalue weighted by Gasteiger charge is -2.41. The molecule has 6 heteroatoms. The van der Waals surface area contributed by atoms with Crippen molar-refractivity contribution in [3.05, 3.63) is 53.6 Å². The van der Waals surface area contributed by atoms with Gasteiger partial charge in [0.25, 0.3) is 0 Å². The molecule has 1 saturated heterocycles. The van der Waals surface area contributed by atoms with Gasteiger partial charge in [0.05, 0.1) is 18.2 Å². The predicted octanol–water partition coefficient (Wildman–Crippen LogP) is 3.99. The molecule has 1 fully saturated rings. The van der Waals surface area contributed by atoms with Gasteiger partial charge in [0, 0.05) is 30.9 Å². The van der Waals surface area contributed by atoms with Crippen molar-refractivity contribution < 1.29 is 13.9 Å². The van der Waals surface area contributed by atoms with Crippen molar-refractivity contribution in [2.75, 3.05) is 19.7 Å². The zero-order valence-corrected chi connectivity index (χ0v) is 17.0. The first-order chi connectivity index (χ1) is 13.4. The summed E-state index contributed by atoms with van der Waals surface area (Å²) in [5.74, 6) is -0.484. The number of esters is 1. The van der Waals surface area contributed by atoms with Crippen LogP contribution in [0.4, 0.5) is 4.39 Å². The number of likely N-dealkylation sites (tertiary alicyclic amines) is 1. The number of hydrogen-bond acceptors (Lipinski definition) is 4. The van der Waals surface area contributed by atoms with Crippen LogP contribution >= 0.6 is 0 Å². The number of halogens is 1. The van der Waals surface area contributed by atoms with Crippen molar-refractivity contribution in [1.29, 1.82) is 0 Å². The number of piperidine rings is 1. The van der Waals surface area contributed by atoms with Gasteiger partial charge >= 0.3 is 5.97 Å². The minimum atomic E-state index is -0.718. The fourth-order valence-electron chi connectivity index (χ4n) is 4.04. The quantitative estimate of drug-likeness (QED) is 0.674. The lowest BCUT2D eigenvalue weighted by molar-refractivity contribution is -0.159. The van der Waals surface area contributed by atoms with E-state index < -0.39 is 5.41 Å². The molecule has 0 radical (unpaired) electrons. The van der Waals surface area contributed by atoms with Gasteiger partial charge in [-0.3, -0.25) is 14.4 Å². The van der Waals surface area contributed by atoms with Crippen LogP contribution in [0.2, 0.25) is 0 Å². The number of aromatic nitrogens is 2. The fourth-order valence-corrected chi connectivity index (χ4v) is 4.04. The van der Waals surface area contributed by atoms with E-state index in [4.69, 9.17) is 4.74 Å². The second kappa shape index (κ2) is 8.86. The number of ether oxygens (including phenoxy) is 1. The number of carbonyl (C=O) groups is 1. The summed E-state index contributed by atoms with van der Waals surface area (Å²) in [5, 5.41) is 4.41. The van der Waals surface area contributed by atoms with E-state index in [0.717, 1.165) is 25.1 Å². The predicted molar refractivity (Wildman–Crippen MR) is 106 cm³/mol. The van der Waals surface area contributed by atoms with Crippen LogP contribution in [0.1, 0.15) is 50.8 Å². The second-order valence-corrected chi connectivity index (χ2v) is 8.01. The van der Waals surface area contributed by atoms with Crippen molar-refractivity contribution in [2.45, 2.75) is 52.6 Å². The summed E-state index contributed by atoms with van der Waals surface area (Å²) in [4.78, 5) is 15.2. The van der Waals surface area contributed by atoms with Gasteiger partial charge < -0.3 is 4.74 Å². The van der Waals surface area contributed by atoms with Crippen LogP contribution in [-0.2, 0) is 22.5 Å². The van der Waals surface area contributed by atoms with Crippen LogP contribution in [0.3, 0.4) is 0 Å². The molecule has 0 spiro atoms. The van der Waals surface area contributed by atoms with Crippen LogP contribution in [-0.4, -0.2) is 40.3 Å². The summed E-state index contributed by atoms with van der Waals surface area (Å²) in [6.45, 7) is 8.54. The van der Waals surface area contributed by atoms with E-state index in [-0.39, 0.29) is 11.8 Å². The van der Waals surface area contributed by atoms with E-state index in [9.17, 15) is 9.18 Å². The SMILES string of the molecule is CCOC(=O)C1(Cc2ccccc2F)CCCN(Cc2cnn(C(C)C)c2)C1. The average molecular weight is 387 g/mol. The van der Waals surface area contributed by atoms with Crippen molar-refractivity contribution in [1.82, 2.24) is 14.7 Å². The topological polar surface area (TPSA) is 47.4 Å². The maximum Gasteiger partial charge on any atom is 0.313 e. The summed E-state index contributed by atoms with van der Waals surface area (Å²) in [5.41, 5.74) is 0.981. The van der Waals surface area contributed by atoms with Gasteiger partial charge in [-0.25, -0.2) is 4.39 Å². The number of benzene rings is 1. The number of rotatable bonds is 7. The Labute approximate surface area is 166 Å². The molecule has 1 aromatic carbocycles. The molecule has 0 saturated carbocycles. The lowest BCUT2D eigenvalue weighted by Crippen LogP contribution is -2.49. The summed E-state index contributed by atoms with van der Waals surface area (Å²) in [6, 6.07) is 7.03. The Morgan fingerprint density at radius 3 is 2.82 bits per heavy atom. The monoisotopic (exact) mass is 387 g/mol. The zero-order chi connectivity index (χ0) is 20.1. The third-order valence-corrected chi connectivity index (χ3v) is 5.44. The van der Waals surface area contributed by atoms with Crippen molar-refractivity contribution in [2.24, 2.45) is 5.41 Å². The van der Waals surface area contributed by atoms with E-state index in [2.05, 4.69) is 30.0 Å². The lowest BCUT2D eigenvalue weighted by atomic mass is 9.75.